The number of nitrogens with two attached hydrogens (primary N) is 2. The molecule has 0 heterocycles. The molecule has 1 aromatic carbocycles. The van der Waals surface area contributed by atoms with Gasteiger partial charge in [0.2, 0.25) is 0 Å². The van der Waals surface area contributed by atoms with E-state index in [9.17, 15) is 0 Å². The van der Waals surface area contributed by atoms with Crippen molar-refractivity contribution >= 4 is 37.5 Å². The summed E-state index contributed by atoms with van der Waals surface area (Å²) in [6.45, 7) is 6.48. The Morgan fingerprint density at radius 1 is 1.00 bits per heavy atom. The molecule has 0 spiro atoms. The first-order valence-electron chi connectivity index (χ1n) is 7.74. The predicted octanol–water partition coefficient (Wildman–Crippen LogP) is 4.18. The number of anilines is 1. The molecule has 1 rings (SSSR count). The van der Waals surface area contributed by atoms with E-state index in [1.165, 1.54) is 37.9 Å². The molecular formula is C16H27Br2N3. The molecule has 0 fully saturated rings. The summed E-state index contributed by atoms with van der Waals surface area (Å²) in [6.07, 6.45) is 5.86. The molecule has 0 atom stereocenters. The molecule has 0 aromatic heterocycles. The molecule has 5 heteroatoms. The smallest absolute Gasteiger partial charge is 0.0603 e. The monoisotopic (exact) mass is 419 g/mol. The predicted molar refractivity (Wildman–Crippen MR) is 99.6 cm³/mol. The third-order valence-electron chi connectivity index (χ3n) is 3.57. The average molecular weight is 421 g/mol. The second-order valence-corrected chi connectivity index (χ2v) is 7.12. The quantitative estimate of drug-likeness (QED) is 0.441. The standard InChI is InChI=1S/C16H27Br2N3/c1-2-8-21(9-5-3-4-7-19)10-6-13-11-14(17)16(20)15(18)12-13/h11-12H,2-10,19-20H2,1H3. The lowest BCUT2D eigenvalue weighted by molar-refractivity contribution is 0.271. The number of hydrogen-bond donors (Lipinski definition) is 2. The highest BCUT2D eigenvalue weighted by Crippen LogP contribution is 2.29. The highest BCUT2D eigenvalue weighted by Gasteiger charge is 2.07. The van der Waals surface area contributed by atoms with E-state index < -0.39 is 0 Å². The first-order valence-corrected chi connectivity index (χ1v) is 9.32. The summed E-state index contributed by atoms with van der Waals surface area (Å²) in [5, 5.41) is 0. The molecule has 0 aliphatic heterocycles. The molecular weight excluding hydrogens is 394 g/mol. The summed E-state index contributed by atoms with van der Waals surface area (Å²) in [4.78, 5) is 2.55. The Kier molecular flexibility index (Phi) is 9.56. The van der Waals surface area contributed by atoms with Gasteiger partial charge in [0.15, 0.2) is 0 Å². The van der Waals surface area contributed by atoms with Crippen molar-refractivity contribution in [2.75, 3.05) is 31.9 Å². The number of hydrogen-bond acceptors (Lipinski definition) is 3. The molecule has 0 unspecified atom stereocenters. The van der Waals surface area contributed by atoms with Crippen molar-refractivity contribution in [3.63, 3.8) is 0 Å². The molecule has 0 amide bonds. The van der Waals surface area contributed by atoms with Crippen LogP contribution in [0.3, 0.4) is 0 Å². The fourth-order valence-corrected chi connectivity index (χ4v) is 3.66. The molecule has 0 saturated heterocycles. The second-order valence-electron chi connectivity index (χ2n) is 5.41. The van der Waals surface area contributed by atoms with E-state index in [-0.39, 0.29) is 0 Å². The lowest BCUT2D eigenvalue weighted by Crippen LogP contribution is -2.28. The number of benzene rings is 1. The minimum absolute atomic E-state index is 0.769. The van der Waals surface area contributed by atoms with Gasteiger partial charge in [-0.15, -0.1) is 0 Å². The Balaban J connectivity index is 2.48. The zero-order valence-corrected chi connectivity index (χ0v) is 16.0. The molecule has 0 aliphatic rings. The van der Waals surface area contributed by atoms with Crippen LogP contribution in [0.2, 0.25) is 0 Å². The first-order chi connectivity index (χ1) is 10.1. The van der Waals surface area contributed by atoms with E-state index in [4.69, 9.17) is 11.5 Å². The van der Waals surface area contributed by atoms with Crippen LogP contribution in [-0.4, -0.2) is 31.1 Å². The van der Waals surface area contributed by atoms with Crippen LogP contribution in [0, 0.1) is 0 Å². The Hall–Kier alpha value is -0.100. The van der Waals surface area contributed by atoms with Crippen LogP contribution in [0.1, 0.15) is 38.2 Å². The van der Waals surface area contributed by atoms with E-state index in [1.54, 1.807) is 0 Å². The number of nitrogens with zero attached hydrogens (tertiary/aromatic N) is 1. The van der Waals surface area contributed by atoms with Gasteiger partial charge in [-0.1, -0.05) is 13.3 Å². The lowest BCUT2D eigenvalue weighted by Gasteiger charge is -2.22. The highest BCUT2D eigenvalue weighted by atomic mass is 79.9. The van der Waals surface area contributed by atoms with Crippen LogP contribution in [0.4, 0.5) is 5.69 Å². The topological polar surface area (TPSA) is 55.3 Å². The fourth-order valence-electron chi connectivity index (χ4n) is 2.38. The number of rotatable bonds is 10. The Morgan fingerprint density at radius 2 is 1.67 bits per heavy atom. The molecule has 0 saturated carbocycles. The summed E-state index contributed by atoms with van der Waals surface area (Å²) < 4.78 is 1.94. The largest absolute Gasteiger partial charge is 0.397 e. The van der Waals surface area contributed by atoms with Gasteiger partial charge in [0, 0.05) is 15.5 Å². The van der Waals surface area contributed by atoms with Gasteiger partial charge < -0.3 is 16.4 Å². The van der Waals surface area contributed by atoms with Gasteiger partial charge in [-0.25, -0.2) is 0 Å². The minimum atomic E-state index is 0.769. The maximum atomic E-state index is 5.93. The normalized spacial score (nSPS) is 11.3. The summed E-state index contributed by atoms with van der Waals surface area (Å²) in [6, 6.07) is 4.25. The summed E-state index contributed by atoms with van der Waals surface area (Å²) in [5.74, 6) is 0. The van der Waals surface area contributed by atoms with E-state index in [2.05, 4.69) is 55.8 Å². The number of nitrogen functional groups attached to an aromatic ring is 1. The molecule has 4 N–H and O–H groups in total. The molecule has 0 aliphatic carbocycles. The Bertz CT molecular complexity index is 401. The van der Waals surface area contributed by atoms with Gasteiger partial charge in [0.25, 0.3) is 0 Å². The van der Waals surface area contributed by atoms with E-state index in [1.807, 2.05) is 0 Å². The van der Waals surface area contributed by atoms with Crippen molar-refractivity contribution in [3.8, 4) is 0 Å². The van der Waals surface area contributed by atoms with Crippen molar-refractivity contribution in [1.82, 2.24) is 4.90 Å². The highest BCUT2D eigenvalue weighted by molar-refractivity contribution is 9.11. The van der Waals surface area contributed by atoms with E-state index in [0.29, 0.717) is 0 Å². The van der Waals surface area contributed by atoms with Gasteiger partial charge in [-0.3, -0.25) is 0 Å². The first kappa shape index (κ1) is 18.9. The van der Waals surface area contributed by atoms with Gasteiger partial charge >= 0.3 is 0 Å². The number of unbranched alkanes of at least 4 members (excludes halogenated alkanes) is 2. The minimum Gasteiger partial charge on any atom is -0.397 e. The van der Waals surface area contributed by atoms with Gasteiger partial charge in [-0.05, 0) is 94.9 Å². The van der Waals surface area contributed by atoms with Crippen molar-refractivity contribution < 1.29 is 0 Å². The molecule has 0 bridgehead atoms. The van der Waals surface area contributed by atoms with Gasteiger partial charge in [0.1, 0.15) is 0 Å². The van der Waals surface area contributed by atoms with Crippen molar-refractivity contribution in [2.45, 2.75) is 39.0 Å². The average Bonchev–Trinajstić information content (AvgIpc) is 2.46. The zero-order chi connectivity index (χ0) is 15.7. The van der Waals surface area contributed by atoms with Crippen LogP contribution in [-0.2, 0) is 6.42 Å². The third kappa shape index (κ3) is 7.13. The maximum absolute atomic E-state index is 5.93. The van der Waals surface area contributed by atoms with Crippen molar-refractivity contribution in [2.24, 2.45) is 5.73 Å². The third-order valence-corrected chi connectivity index (χ3v) is 4.89. The fraction of sp³-hybridized carbons (Fsp3) is 0.625. The summed E-state index contributed by atoms with van der Waals surface area (Å²) in [7, 11) is 0. The van der Waals surface area contributed by atoms with Crippen LogP contribution >= 0.6 is 31.9 Å². The second kappa shape index (κ2) is 10.6. The van der Waals surface area contributed by atoms with Crippen LogP contribution in [0.25, 0.3) is 0 Å². The molecule has 3 nitrogen and oxygen atoms in total. The SMILES string of the molecule is CCCN(CCCCCN)CCc1cc(Br)c(N)c(Br)c1. The van der Waals surface area contributed by atoms with E-state index >= 15 is 0 Å². The molecule has 120 valence electrons. The van der Waals surface area contributed by atoms with Gasteiger partial charge in [-0.2, -0.15) is 0 Å². The lowest BCUT2D eigenvalue weighted by atomic mass is 10.1. The number of halogens is 2. The molecule has 21 heavy (non-hydrogen) atoms. The summed E-state index contributed by atoms with van der Waals surface area (Å²) in [5.41, 5.74) is 13.6. The molecule has 1 aromatic rings. The molecule has 0 radical (unpaired) electrons. The van der Waals surface area contributed by atoms with Crippen LogP contribution in [0.15, 0.2) is 21.1 Å². The Labute approximate surface area is 145 Å². The maximum Gasteiger partial charge on any atom is 0.0603 e. The summed E-state index contributed by atoms with van der Waals surface area (Å²) >= 11 is 7.03. The van der Waals surface area contributed by atoms with Crippen molar-refractivity contribution in [1.29, 1.82) is 0 Å². The van der Waals surface area contributed by atoms with Gasteiger partial charge in [0.05, 0.1) is 5.69 Å². The van der Waals surface area contributed by atoms with Crippen LogP contribution < -0.4 is 11.5 Å². The van der Waals surface area contributed by atoms with Crippen molar-refractivity contribution in [3.05, 3.63) is 26.6 Å². The van der Waals surface area contributed by atoms with E-state index in [0.717, 1.165) is 40.6 Å². The van der Waals surface area contributed by atoms with Crippen LogP contribution in [0.5, 0.6) is 0 Å². The Morgan fingerprint density at radius 3 is 2.24 bits per heavy atom. The zero-order valence-electron chi connectivity index (χ0n) is 12.9.